The average Bonchev–Trinajstić information content (AvgIpc) is 2.77. The first kappa shape index (κ1) is 22.7. The molecule has 2 N–H and O–H groups in total. The Labute approximate surface area is 197 Å². The third-order valence-electron chi connectivity index (χ3n) is 5.23. The maximum Gasteiger partial charge on any atom is 0.256 e. The van der Waals surface area contributed by atoms with Crippen molar-refractivity contribution in [3.63, 3.8) is 0 Å². The number of halogens is 2. The number of hydrogen-bond acceptors (Lipinski definition) is 5. The van der Waals surface area contributed by atoms with E-state index in [-0.39, 0.29) is 23.0 Å². The molecular formula is C23H22BrFN4O2S. The average molecular weight is 517 g/mol. The number of thioether (sulfide) groups is 1. The molecule has 0 aliphatic carbocycles. The minimum absolute atomic E-state index is 0.146. The zero-order valence-corrected chi connectivity index (χ0v) is 19.9. The SMILES string of the molecule is Cc1cc(NC(=O)CSc2nc3c(c(=O)[nH]2)CN(Cc2ccc(F)cc2)CC3)ccc1Br. The minimum atomic E-state index is -0.260. The van der Waals surface area contributed by atoms with Crippen LogP contribution < -0.4 is 10.9 Å². The fourth-order valence-electron chi connectivity index (χ4n) is 3.56. The highest BCUT2D eigenvalue weighted by atomic mass is 79.9. The number of aryl methyl sites for hydroxylation is 1. The van der Waals surface area contributed by atoms with Crippen LogP contribution in [0.2, 0.25) is 0 Å². The first-order valence-corrected chi connectivity index (χ1v) is 11.9. The lowest BCUT2D eigenvalue weighted by atomic mass is 10.1. The first-order valence-electron chi connectivity index (χ1n) is 10.1. The summed E-state index contributed by atoms with van der Waals surface area (Å²) in [5.41, 5.74) is 4.01. The number of nitrogens with zero attached hydrogens (tertiary/aromatic N) is 2. The second kappa shape index (κ2) is 9.97. The van der Waals surface area contributed by atoms with Crippen molar-refractivity contribution >= 4 is 39.3 Å². The largest absolute Gasteiger partial charge is 0.325 e. The van der Waals surface area contributed by atoms with Gasteiger partial charge in [0.25, 0.3) is 5.56 Å². The summed E-state index contributed by atoms with van der Waals surface area (Å²) in [7, 11) is 0. The quantitative estimate of drug-likeness (QED) is 0.377. The molecule has 0 fully saturated rings. The second-order valence-corrected chi connectivity index (χ2v) is 9.50. The Morgan fingerprint density at radius 3 is 2.81 bits per heavy atom. The van der Waals surface area contributed by atoms with E-state index in [1.165, 1.54) is 23.9 Å². The summed E-state index contributed by atoms with van der Waals surface area (Å²) in [6, 6.07) is 12.0. The van der Waals surface area contributed by atoms with Gasteiger partial charge in [-0.15, -0.1) is 0 Å². The summed E-state index contributed by atoms with van der Waals surface area (Å²) in [5.74, 6) is -0.278. The van der Waals surface area contributed by atoms with Crippen LogP contribution >= 0.6 is 27.7 Å². The number of carbonyl (C=O) groups excluding carboxylic acids is 1. The fraction of sp³-hybridized carbons (Fsp3) is 0.261. The van der Waals surface area contributed by atoms with Gasteiger partial charge in [-0.25, -0.2) is 9.37 Å². The highest BCUT2D eigenvalue weighted by molar-refractivity contribution is 9.10. The van der Waals surface area contributed by atoms with E-state index in [2.05, 4.69) is 36.1 Å². The Kier molecular flexibility index (Phi) is 7.07. The number of benzene rings is 2. The maximum absolute atomic E-state index is 13.1. The van der Waals surface area contributed by atoms with E-state index in [1.54, 1.807) is 12.1 Å². The predicted molar refractivity (Wildman–Crippen MR) is 127 cm³/mol. The van der Waals surface area contributed by atoms with E-state index in [0.717, 1.165) is 33.5 Å². The standard InChI is InChI=1S/C23H22BrFN4O2S/c1-14-10-17(6-7-19(14)24)26-21(30)13-32-23-27-20-8-9-29(12-18(20)22(31)28-23)11-15-2-4-16(25)5-3-15/h2-7,10H,8-9,11-13H2,1H3,(H,26,30)(H,27,28,31). The molecule has 0 saturated carbocycles. The maximum atomic E-state index is 13.1. The molecule has 1 aliphatic heterocycles. The Hall–Kier alpha value is -2.49. The van der Waals surface area contributed by atoms with Crippen LogP contribution in [0.5, 0.6) is 0 Å². The molecule has 2 aromatic carbocycles. The van der Waals surface area contributed by atoms with Gasteiger partial charge >= 0.3 is 0 Å². The van der Waals surface area contributed by atoms with Crippen LogP contribution in [0.4, 0.5) is 10.1 Å². The molecule has 0 unspecified atom stereocenters. The highest BCUT2D eigenvalue weighted by Crippen LogP contribution is 2.22. The highest BCUT2D eigenvalue weighted by Gasteiger charge is 2.21. The van der Waals surface area contributed by atoms with Crippen LogP contribution in [-0.4, -0.2) is 33.1 Å². The van der Waals surface area contributed by atoms with E-state index < -0.39 is 0 Å². The van der Waals surface area contributed by atoms with Gasteiger partial charge in [0.1, 0.15) is 5.82 Å². The second-order valence-electron chi connectivity index (χ2n) is 7.68. The number of amides is 1. The third kappa shape index (κ3) is 5.65. The first-order chi connectivity index (χ1) is 15.4. The lowest BCUT2D eigenvalue weighted by Crippen LogP contribution is -2.35. The Bertz CT molecular complexity index is 1200. The van der Waals surface area contributed by atoms with E-state index in [9.17, 15) is 14.0 Å². The molecule has 0 atom stereocenters. The molecule has 3 aromatic rings. The molecule has 1 aliphatic rings. The summed E-state index contributed by atoms with van der Waals surface area (Å²) in [6.45, 7) is 3.85. The zero-order chi connectivity index (χ0) is 22.7. The lowest BCUT2D eigenvalue weighted by molar-refractivity contribution is -0.113. The van der Waals surface area contributed by atoms with Crippen LogP contribution in [0.25, 0.3) is 0 Å². The molecule has 4 rings (SSSR count). The van der Waals surface area contributed by atoms with Crippen LogP contribution in [0.15, 0.2) is 56.9 Å². The van der Waals surface area contributed by atoms with E-state index in [0.29, 0.717) is 30.2 Å². The summed E-state index contributed by atoms with van der Waals surface area (Å²) >= 11 is 4.65. The molecule has 0 saturated heterocycles. The number of rotatable bonds is 6. The molecule has 0 spiro atoms. The smallest absolute Gasteiger partial charge is 0.256 e. The number of aromatic amines is 1. The van der Waals surface area contributed by atoms with Crippen LogP contribution in [-0.2, 0) is 24.3 Å². The predicted octanol–water partition coefficient (Wildman–Crippen LogP) is 4.27. The molecule has 1 aromatic heterocycles. The molecule has 0 radical (unpaired) electrons. The number of hydrogen-bond donors (Lipinski definition) is 2. The van der Waals surface area contributed by atoms with Gasteiger partial charge in [0, 0.05) is 36.2 Å². The van der Waals surface area contributed by atoms with E-state index in [4.69, 9.17) is 0 Å². The summed E-state index contributed by atoms with van der Waals surface area (Å²) in [5, 5.41) is 3.31. The van der Waals surface area contributed by atoms with Crippen molar-refractivity contribution in [2.45, 2.75) is 31.6 Å². The van der Waals surface area contributed by atoms with Crippen molar-refractivity contribution in [1.29, 1.82) is 0 Å². The Morgan fingerprint density at radius 1 is 1.28 bits per heavy atom. The van der Waals surface area contributed by atoms with Gasteiger partial charge in [0.15, 0.2) is 5.16 Å². The molecular weight excluding hydrogens is 495 g/mol. The number of carbonyl (C=O) groups is 1. The number of anilines is 1. The van der Waals surface area contributed by atoms with Crippen molar-refractivity contribution in [3.8, 4) is 0 Å². The van der Waals surface area contributed by atoms with Gasteiger partial charge in [0.2, 0.25) is 5.91 Å². The number of H-pyrrole nitrogens is 1. The number of nitrogens with one attached hydrogen (secondary N) is 2. The molecule has 9 heteroatoms. The third-order valence-corrected chi connectivity index (χ3v) is 6.99. The lowest BCUT2D eigenvalue weighted by Gasteiger charge is -2.27. The molecule has 166 valence electrons. The summed E-state index contributed by atoms with van der Waals surface area (Å²) in [6.07, 6.45) is 0.651. The molecule has 32 heavy (non-hydrogen) atoms. The molecule has 0 bridgehead atoms. The van der Waals surface area contributed by atoms with Gasteiger partial charge in [-0.05, 0) is 48.4 Å². The van der Waals surface area contributed by atoms with Crippen molar-refractivity contribution < 1.29 is 9.18 Å². The Morgan fingerprint density at radius 2 is 2.06 bits per heavy atom. The summed E-state index contributed by atoms with van der Waals surface area (Å²) < 4.78 is 14.1. The molecule has 6 nitrogen and oxygen atoms in total. The van der Waals surface area contributed by atoms with Gasteiger partial charge in [-0.3, -0.25) is 14.5 Å². The minimum Gasteiger partial charge on any atom is -0.325 e. The summed E-state index contributed by atoms with van der Waals surface area (Å²) in [4.78, 5) is 34.5. The number of fused-ring (bicyclic) bond motifs is 1. The normalized spacial score (nSPS) is 13.6. The van der Waals surface area contributed by atoms with Crippen LogP contribution in [0.3, 0.4) is 0 Å². The van der Waals surface area contributed by atoms with Crippen LogP contribution in [0, 0.1) is 12.7 Å². The zero-order valence-electron chi connectivity index (χ0n) is 17.5. The van der Waals surface area contributed by atoms with Crippen molar-refractivity contribution in [2.75, 3.05) is 17.6 Å². The van der Waals surface area contributed by atoms with Crippen molar-refractivity contribution in [2.24, 2.45) is 0 Å². The van der Waals surface area contributed by atoms with Crippen molar-refractivity contribution in [1.82, 2.24) is 14.9 Å². The monoisotopic (exact) mass is 516 g/mol. The van der Waals surface area contributed by atoms with Crippen molar-refractivity contribution in [3.05, 3.63) is 85.5 Å². The van der Waals surface area contributed by atoms with E-state index >= 15 is 0 Å². The Balaban J connectivity index is 1.36. The topological polar surface area (TPSA) is 78.1 Å². The molecule has 1 amide bonds. The van der Waals surface area contributed by atoms with Gasteiger partial charge in [-0.2, -0.15) is 0 Å². The van der Waals surface area contributed by atoms with Gasteiger partial charge in [0.05, 0.1) is 17.0 Å². The van der Waals surface area contributed by atoms with Gasteiger partial charge in [-0.1, -0.05) is 39.8 Å². The van der Waals surface area contributed by atoms with Crippen LogP contribution in [0.1, 0.15) is 22.4 Å². The molecule has 2 heterocycles. The number of aromatic nitrogens is 2. The fourth-order valence-corrected chi connectivity index (χ4v) is 4.49. The van der Waals surface area contributed by atoms with Gasteiger partial charge < -0.3 is 10.3 Å². The van der Waals surface area contributed by atoms with E-state index in [1.807, 2.05) is 25.1 Å².